The lowest BCUT2D eigenvalue weighted by atomic mass is 9.96. The van der Waals surface area contributed by atoms with Crippen LogP contribution >= 0.6 is 0 Å². The maximum absolute atomic E-state index is 12.3. The van der Waals surface area contributed by atoms with Gasteiger partial charge in [-0.3, -0.25) is 4.79 Å². The Morgan fingerprint density at radius 1 is 1.36 bits per heavy atom. The second-order valence-corrected chi connectivity index (χ2v) is 7.45. The second kappa shape index (κ2) is 8.07. The van der Waals surface area contributed by atoms with E-state index in [0.717, 1.165) is 4.31 Å². The molecule has 1 aliphatic rings. The molecule has 1 aromatic carbocycles. The average molecular weight is 377 g/mol. The zero-order chi connectivity index (χ0) is 18.6. The Morgan fingerprint density at radius 2 is 2.00 bits per heavy atom. The van der Waals surface area contributed by atoms with Crippen molar-refractivity contribution in [1.82, 2.24) is 9.62 Å². The van der Waals surface area contributed by atoms with Gasteiger partial charge in [0.05, 0.1) is 6.04 Å². The molecule has 1 heterocycles. The smallest absolute Gasteiger partial charge is 0.387 e. The van der Waals surface area contributed by atoms with Crippen LogP contribution in [0.3, 0.4) is 0 Å². The molecule has 0 spiro atoms. The first kappa shape index (κ1) is 19.5. The van der Waals surface area contributed by atoms with Gasteiger partial charge in [0.1, 0.15) is 5.75 Å². The van der Waals surface area contributed by atoms with Crippen LogP contribution in [0.15, 0.2) is 24.3 Å². The minimum atomic E-state index is -3.73. The van der Waals surface area contributed by atoms with E-state index in [4.69, 9.17) is 5.14 Å². The fraction of sp³-hybridized carbons (Fsp3) is 0.533. The lowest BCUT2D eigenvalue weighted by Crippen LogP contribution is -2.45. The van der Waals surface area contributed by atoms with Gasteiger partial charge in [-0.05, 0) is 37.5 Å². The molecule has 3 N–H and O–H groups in total. The van der Waals surface area contributed by atoms with Crippen molar-refractivity contribution in [3.63, 3.8) is 0 Å². The van der Waals surface area contributed by atoms with Gasteiger partial charge in [-0.1, -0.05) is 12.1 Å². The first-order chi connectivity index (χ1) is 11.7. The highest BCUT2D eigenvalue weighted by atomic mass is 32.2. The van der Waals surface area contributed by atoms with Crippen LogP contribution in [0, 0.1) is 5.92 Å². The predicted octanol–water partition coefficient (Wildman–Crippen LogP) is 1.38. The molecular weight excluding hydrogens is 356 g/mol. The second-order valence-electron chi connectivity index (χ2n) is 5.90. The Hall–Kier alpha value is -1.78. The molecule has 0 radical (unpaired) electrons. The summed E-state index contributed by atoms with van der Waals surface area (Å²) < 4.78 is 52.6. The number of hydrogen-bond donors (Lipinski definition) is 2. The summed E-state index contributed by atoms with van der Waals surface area (Å²) in [5.41, 5.74) is 0.633. The number of benzene rings is 1. The summed E-state index contributed by atoms with van der Waals surface area (Å²) in [5, 5.41) is 7.89. The van der Waals surface area contributed by atoms with E-state index < -0.39 is 22.9 Å². The van der Waals surface area contributed by atoms with Gasteiger partial charge < -0.3 is 10.1 Å². The van der Waals surface area contributed by atoms with Crippen LogP contribution in [0.4, 0.5) is 8.78 Å². The van der Waals surface area contributed by atoms with Crippen molar-refractivity contribution in [1.29, 1.82) is 0 Å². The van der Waals surface area contributed by atoms with E-state index >= 15 is 0 Å². The molecule has 1 unspecified atom stereocenters. The minimum Gasteiger partial charge on any atom is -0.435 e. The van der Waals surface area contributed by atoms with Crippen LogP contribution in [0.1, 0.15) is 31.4 Å². The highest BCUT2D eigenvalue weighted by Gasteiger charge is 2.29. The number of halogens is 2. The third kappa shape index (κ3) is 5.62. The van der Waals surface area contributed by atoms with Crippen LogP contribution in [-0.2, 0) is 15.0 Å². The summed E-state index contributed by atoms with van der Waals surface area (Å²) in [6.07, 6.45) is 0.757. The van der Waals surface area contributed by atoms with E-state index in [9.17, 15) is 22.0 Å². The molecule has 2 rings (SSSR count). The van der Waals surface area contributed by atoms with Crippen molar-refractivity contribution in [3.05, 3.63) is 29.8 Å². The van der Waals surface area contributed by atoms with Crippen LogP contribution in [0.5, 0.6) is 5.75 Å². The quantitative estimate of drug-likeness (QED) is 0.782. The fourth-order valence-corrected chi connectivity index (χ4v) is 3.47. The zero-order valence-electron chi connectivity index (χ0n) is 13.7. The van der Waals surface area contributed by atoms with E-state index in [0.29, 0.717) is 18.4 Å². The maximum atomic E-state index is 12.3. The van der Waals surface area contributed by atoms with Crippen molar-refractivity contribution in [2.24, 2.45) is 11.1 Å². The molecule has 1 amide bonds. The molecule has 0 saturated carbocycles. The molecule has 1 aromatic rings. The zero-order valence-corrected chi connectivity index (χ0v) is 14.5. The SMILES string of the molecule is CC(NC(=O)C1CCN(S(N)(=O)=O)CC1)c1cccc(OC(F)F)c1. The van der Waals surface area contributed by atoms with Gasteiger partial charge in [0, 0.05) is 19.0 Å². The van der Waals surface area contributed by atoms with Gasteiger partial charge in [0.15, 0.2) is 0 Å². The topological polar surface area (TPSA) is 102 Å². The summed E-state index contributed by atoms with van der Waals surface area (Å²) in [4.78, 5) is 12.3. The van der Waals surface area contributed by atoms with E-state index in [1.807, 2.05) is 0 Å². The Labute approximate surface area is 145 Å². The number of nitrogens with zero attached hydrogens (tertiary/aromatic N) is 1. The van der Waals surface area contributed by atoms with Gasteiger partial charge >= 0.3 is 6.61 Å². The summed E-state index contributed by atoms with van der Waals surface area (Å²) in [6, 6.07) is 5.73. The monoisotopic (exact) mass is 377 g/mol. The maximum Gasteiger partial charge on any atom is 0.387 e. The number of piperidine rings is 1. The summed E-state index contributed by atoms with van der Waals surface area (Å²) in [7, 11) is -3.73. The largest absolute Gasteiger partial charge is 0.435 e. The van der Waals surface area contributed by atoms with E-state index in [-0.39, 0.29) is 30.7 Å². The van der Waals surface area contributed by atoms with E-state index in [1.165, 1.54) is 12.1 Å². The molecule has 1 saturated heterocycles. The van der Waals surface area contributed by atoms with Gasteiger partial charge in [0.2, 0.25) is 5.91 Å². The molecule has 0 aliphatic carbocycles. The lowest BCUT2D eigenvalue weighted by molar-refractivity contribution is -0.126. The number of nitrogens with one attached hydrogen (secondary N) is 1. The molecule has 1 fully saturated rings. The van der Waals surface area contributed by atoms with Crippen molar-refractivity contribution < 1.29 is 26.7 Å². The summed E-state index contributed by atoms with van der Waals surface area (Å²) in [5.74, 6) is -0.502. The first-order valence-electron chi connectivity index (χ1n) is 7.80. The minimum absolute atomic E-state index is 0.0232. The van der Waals surface area contributed by atoms with Crippen molar-refractivity contribution in [2.45, 2.75) is 32.4 Å². The third-order valence-electron chi connectivity index (χ3n) is 4.13. The number of rotatable bonds is 6. The van der Waals surface area contributed by atoms with Crippen LogP contribution < -0.4 is 15.2 Å². The Balaban J connectivity index is 1.92. The number of alkyl halides is 2. The lowest BCUT2D eigenvalue weighted by Gasteiger charge is -2.29. The van der Waals surface area contributed by atoms with Crippen LogP contribution in [0.25, 0.3) is 0 Å². The number of nitrogens with two attached hydrogens (primary N) is 1. The first-order valence-corrected chi connectivity index (χ1v) is 9.30. The molecule has 25 heavy (non-hydrogen) atoms. The third-order valence-corrected chi connectivity index (χ3v) is 5.21. The van der Waals surface area contributed by atoms with Gasteiger partial charge in [-0.25, -0.2) is 5.14 Å². The van der Waals surface area contributed by atoms with Crippen molar-refractivity contribution >= 4 is 16.1 Å². The Bertz CT molecular complexity index is 706. The molecule has 0 aromatic heterocycles. The van der Waals surface area contributed by atoms with Crippen molar-refractivity contribution in [2.75, 3.05) is 13.1 Å². The summed E-state index contributed by atoms with van der Waals surface area (Å²) >= 11 is 0. The van der Waals surface area contributed by atoms with Gasteiger partial charge in [-0.2, -0.15) is 21.5 Å². The molecule has 1 atom stereocenters. The van der Waals surface area contributed by atoms with Crippen LogP contribution in [0.2, 0.25) is 0 Å². The molecule has 0 bridgehead atoms. The predicted molar refractivity (Wildman–Crippen MR) is 87.0 cm³/mol. The molecule has 140 valence electrons. The highest BCUT2D eigenvalue weighted by Crippen LogP contribution is 2.23. The number of amides is 1. The van der Waals surface area contributed by atoms with Gasteiger partial charge in [-0.15, -0.1) is 0 Å². The average Bonchev–Trinajstić information content (AvgIpc) is 2.53. The number of hydrogen-bond acceptors (Lipinski definition) is 4. The normalized spacial score (nSPS) is 18.1. The standard InChI is InChI=1S/C15H21F2N3O4S/c1-10(12-3-2-4-13(9-12)24-15(16)17)19-14(21)11-5-7-20(8-6-11)25(18,22)23/h2-4,9-11,15H,5-8H2,1H3,(H,19,21)(H2,18,22,23). The van der Waals surface area contributed by atoms with Crippen LogP contribution in [-0.4, -0.2) is 38.3 Å². The number of carbonyl (C=O) groups is 1. The Morgan fingerprint density at radius 3 is 2.56 bits per heavy atom. The number of carbonyl (C=O) groups excluding carboxylic acids is 1. The molecular formula is C15H21F2N3O4S. The van der Waals surface area contributed by atoms with E-state index in [2.05, 4.69) is 10.1 Å². The summed E-state index contributed by atoms with van der Waals surface area (Å²) in [6.45, 7) is -0.783. The Kier molecular flexibility index (Phi) is 6.31. The molecule has 7 nitrogen and oxygen atoms in total. The van der Waals surface area contributed by atoms with E-state index in [1.54, 1.807) is 19.1 Å². The number of ether oxygens (including phenoxy) is 1. The molecule has 1 aliphatic heterocycles. The van der Waals surface area contributed by atoms with Crippen molar-refractivity contribution in [3.8, 4) is 5.75 Å². The molecule has 10 heteroatoms. The fourth-order valence-electron chi connectivity index (χ4n) is 2.75. The van der Waals surface area contributed by atoms with Gasteiger partial charge in [0.25, 0.3) is 10.2 Å². The highest BCUT2D eigenvalue weighted by molar-refractivity contribution is 7.86.